The standard InChI is InChI=1S/C6H15N.F2HO2P.Li/c1-4-7(5-2)6-3;1-5(2,3)4;/h4-6H2,1-3H3;(H,3,4);/q;;+1/p-1. The SMILES string of the molecule is CCN(CC)CC.O=P([O-])(F)F.[Li+]. The summed E-state index contributed by atoms with van der Waals surface area (Å²) in [6, 6.07) is 0. The zero-order valence-corrected chi connectivity index (χ0v) is 9.48. The van der Waals surface area contributed by atoms with Gasteiger partial charge in [0, 0.05) is 0 Å². The van der Waals surface area contributed by atoms with Crippen molar-refractivity contribution in [1.29, 1.82) is 0 Å². The molecule has 0 N–H and O–H groups in total. The quantitative estimate of drug-likeness (QED) is 0.430. The Balaban J connectivity index is -0.000000150. The van der Waals surface area contributed by atoms with Gasteiger partial charge in [-0.1, -0.05) is 20.8 Å². The molecule has 0 unspecified atom stereocenters. The molecular weight excluding hydrogens is 194 g/mol. The number of halogens is 2. The van der Waals surface area contributed by atoms with Gasteiger partial charge in [-0.3, -0.25) is 4.57 Å². The van der Waals surface area contributed by atoms with Gasteiger partial charge in [-0.2, -0.15) is 8.39 Å². The molecule has 0 aromatic carbocycles. The molecule has 0 fully saturated rings. The topological polar surface area (TPSA) is 43.4 Å². The third-order valence-corrected chi connectivity index (χ3v) is 1.34. The van der Waals surface area contributed by atoms with Crippen molar-refractivity contribution in [3.63, 3.8) is 0 Å². The fraction of sp³-hybridized carbons (Fsp3) is 1.00. The fourth-order valence-corrected chi connectivity index (χ4v) is 0.671. The minimum Gasteiger partial charge on any atom is -0.749 e. The Hall–Kier alpha value is 0.607. The summed E-state index contributed by atoms with van der Waals surface area (Å²) in [5.41, 5.74) is 0. The van der Waals surface area contributed by atoms with Gasteiger partial charge in [0.2, 0.25) is 0 Å². The van der Waals surface area contributed by atoms with E-state index in [0.29, 0.717) is 0 Å². The van der Waals surface area contributed by atoms with Crippen molar-refractivity contribution in [2.45, 2.75) is 20.8 Å². The zero-order chi connectivity index (χ0) is 10.2. The van der Waals surface area contributed by atoms with Crippen LogP contribution in [0.15, 0.2) is 0 Å². The molecule has 0 atom stereocenters. The number of hydrogen-bond acceptors (Lipinski definition) is 3. The normalized spacial score (nSPS) is 10.1. The predicted molar refractivity (Wildman–Crippen MR) is 43.3 cm³/mol. The van der Waals surface area contributed by atoms with E-state index in [1.807, 2.05) is 0 Å². The Morgan fingerprint density at radius 3 is 1.31 bits per heavy atom. The van der Waals surface area contributed by atoms with Crippen molar-refractivity contribution in [2.24, 2.45) is 0 Å². The molecule has 7 heteroatoms. The summed E-state index contributed by atoms with van der Waals surface area (Å²) in [5, 5.41) is 0. The Morgan fingerprint density at radius 1 is 1.15 bits per heavy atom. The average molecular weight is 209 g/mol. The van der Waals surface area contributed by atoms with E-state index >= 15 is 0 Å². The van der Waals surface area contributed by atoms with Crippen LogP contribution in [0.3, 0.4) is 0 Å². The van der Waals surface area contributed by atoms with Gasteiger partial charge in [0.15, 0.2) is 0 Å². The molecule has 0 aromatic heterocycles. The maximum absolute atomic E-state index is 10.0. The van der Waals surface area contributed by atoms with Gasteiger partial charge in [0.25, 0.3) is 0 Å². The number of nitrogens with zero attached hydrogens (tertiary/aromatic N) is 1. The Kier molecular flexibility index (Phi) is 15.8. The summed E-state index contributed by atoms with van der Waals surface area (Å²) < 4.78 is 28.4. The molecule has 0 bridgehead atoms. The van der Waals surface area contributed by atoms with Crippen molar-refractivity contribution in [2.75, 3.05) is 19.6 Å². The molecule has 0 saturated carbocycles. The summed E-state index contributed by atoms with van der Waals surface area (Å²) in [4.78, 5) is 10.7. The van der Waals surface area contributed by atoms with Crippen LogP contribution in [0.1, 0.15) is 20.8 Å². The monoisotopic (exact) mass is 209 g/mol. The average Bonchev–Trinajstić information content (AvgIpc) is 1.88. The second kappa shape index (κ2) is 10.7. The molecule has 0 aliphatic heterocycles. The van der Waals surface area contributed by atoms with Crippen LogP contribution in [0.2, 0.25) is 0 Å². The van der Waals surface area contributed by atoms with E-state index in [0.717, 1.165) is 0 Å². The molecule has 0 rings (SSSR count). The van der Waals surface area contributed by atoms with Crippen molar-refractivity contribution < 1.29 is 36.7 Å². The molecule has 0 saturated heterocycles. The van der Waals surface area contributed by atoms with Gasteiger partial charge in [0.1, 0.15) is 0 Å². The smallest absolute Gasteiger partial charge is 0.749 e. The van der Waals surface area contributed by atoms with Crippen molar-refractivity contribution >= 4 is 7.99 Å². The van der Waals surface area contributed by atoms with E-state index < -0.39 is 7.99 Å². The molecule has 0 aliphatic carbocycles. The summed E-state index contributed by atoms with van der Waals surface area (Å²) in [6.45, 7) is 10.1. The van der Waals surface area contributed by atoms with Gasteiger partial charge < -0.3 is 9.79 Å². The molecule has 0 heterocycles. The van der Waals surface area contributed by atoms with E-state index in [1.165, 1.54) is 19.6 Å². The van der Waals surface area contributed by atoms with Crippen LogP contribution in [0, 0.1) is 0 Å². The third kappa shape index (κ3) is 32.5. The molecule has 76 valence electrons. The summed E-state index contributed by atoms with van der Waals surface area (Å²) >= 11 is 0. The van der Waals surface area contributed by atoms with Gasteiger partial charge in [0.05, 0.1) is 0 Å². The number of rotatable bonds is 3. The first-order valence-electron chi connectivity index (χ1n) is 3.77. The van der Waals surface area contributed by atoms with Gasteiger partial charge in [-0.25, -0.2) is 0 Å². The van der Waals surface area contributed by atoms with Crippen LogP contribution in [0.5, 0.6) is 0 Å². The van der Waals surface area contributed by atoms with Crippen molar-refractivity contribution in [3.05, 3.63) is 0 Å². The maximum Gasteiger partial charge on any atom is 1.00 e. The van der Waals surface area contributed by atoms with Gasteiger partial charge in [-0.05, 0) is 19.6 Å². The van der Waals surface area contributed by atoms with Crippen LogP contribution in [0.4, 0.5) is 8.39 Å². The van der Waals surface area contributed by atoms with Crippen molar-refractivity contribution in [3.8, 4) is 0 Å². The van der Waals surface area contributed by atoms with Gasteiger partial charge in [-0.15, -0.1) is 0 Å². The van der Waals surface area contributed by atoms with E-state index in [9.17, 15) is 8.39 Å². The minimum absolute atomic E-state index is 0. The van der Waals surface area contributed by atoms with Crippen molar-refractivity contribution in [1.82, 2.24) is 4.90 Å². The summed E-state index contributed by atoms with van der Waals surface area (Å²) in [7, 11) is -5.89. The third-order valence-electron chi connectivity index (χ3n) is 1.34. The molecule has 0 aliphatic rings. The molecule has 3 nitrogen and oxygen atoms in total. The van der Waals surface area contributed by atoms with Crippen LogP contribution < -0.4 is 23.8 Å². The number of hydrogen-bond donors (Lipinski definition) is 0. The van der Waals surface area contributed by atoms with E-state index in [2.05, 4.69) is 25.7 Å². The summed E-state index contributed by atoms with van der Waals surface area (Å²) in [5.74, 6) is 0. The summed E-state index contributed by atoms with van der Waals surface area (Å²) in [6.07, 6.45) is 0. The van der Waals surface area contributed by atoms with Crippen LogP contribution in [0.25, 0.3) is 0 Å². The Bertz CT molecular complexity index is 127. The van der Waals surface area contributed by atoms with Crippen LogP contribution >= 0.6 is 7.99 Å². The van der Waals surface area contributed by atoms with Crippen LogP contribution in [-0.2, 0) is 4.57 Å². The van der Waals surface area contributed by atoms with E-state index in [4.69, 9.17) is 9.46 Å². The Labute approximate surface area is 90.4 Å². The van der Waals surface area contributed by atoms with Crippen LogP contribution in [-0.4, -0.2) is 24.5 Å². The first-order valence-corrected chi connectivity index (χ1v) is 5.18. The van der Waals surface area contributed by atoms with E-state index in [-0.39, 0.29) is 18.9 Å². The van der Waals surface area contributed by atoms with E-state index in [1.54, 1.807) is 0 Å². The molecule has 0 amide bonds. The minimum atomic E-state index is -5.89. The fourth-order valence-electron chi connectivity index (χ4n) is 0.671. The maximum atomic E-state index is 10.0. The molecule has 0 spiro atoms. The van der Waals surface area contributed by atoms with Gasteiger partial charge >= 0.3 is 26.9 Å². The first-order chi connectivity index (χ1) is 5.35. The molecule has 13 heavy (non-hydrogen) atoms. The molecule has 0 radical (unpaired) electrons. The largest absolute Gasteiger partial charge is 1.00 e. The second-order valence-electron chi connectivity index (χ2n) is 2.03. The first kappa shape index (κ1) is 19.2. The predicted octanol–water partition coefficient (Wildman–Crippen LogP) is -1.25. The second-order valence-corrected chi connectivity index (χ2v) is 2.86. The zero-order valence-electron chi connectivity index (χ0n) is 8.59. The molecular formula is C6H15F2LiNO2P. The molecule has 0 aromatic rings. The Morgan fingerprint density at radius 2 is 1.31 bits per heavy atom.